The number of nitrogens with zero attached hydrogens (tertiary/aromatic N) is 2. The van der Waals surface area contributed by atoms with Gasteiger partial charge in [-0.1, -0.05) is 48.0 Å². The molecule has 0 aliphatic rings. The molecule has 4 aromatic rings. The highest BCUT2D eigenvalue weighted by Crippen LogP contribution is 2.27. The summed E-state index contributed by atoms with van der Waals surface area (Å²) >= 11 is 6.00. The minimum absolute atomic E-state index is 0.724. The van der Waals surface area contributed by atoms with E-state index in [1.807, 2.05) is 66.7 Å². The van der Waals surface area contributed by atoms with Crippen LogP contribution in [-0.4, -0.2) is 9.55 Å². The lowest BCUT2D eigenvalue weighted by atomic mass is 10.1. The fourth-order valence-corrected chi connectivity index (χ4v) is 3.03. The van der Waals surface area contributed by atoms with E-state index in [4.69, 9.17) is 22.3 Å². The predicted octanol–water partition coefficient (Wildman–Crippen LogP) is 4.99. The van der Waals surface area contributed by atoms with Crippen LogP contribution in [0.15, 0.2) is 72.8 Å². The van der Waals surface area contributed by atoms with Crippen molar-refractivity contribution in [3.8, 4) is 11.4 Å². The third kappa shape index (κ3) is 2.74. The highest BCUT2D eigenvalue weighted by molar-refractivity contribution is 6.30. The number of hydrogen-bond acceptors (Lipinski definition) is 2. The normalized spacial score (nSPS) is 11.0. The summed E-state index contributed by atoms with van der Waals surface area (Å²) in [6.45, 7) is 0.724. The molecule has 0 radical (unpaired) electrons. The minimum atomic E-state index is 0.724. The van der Waals surface area contributed by atoms with Gasteiger partial charge in [-0.2, -0.15) is 0 Å². The Morgan fingerprint density at radius 2 is 1.71 bits per heavy atom. The van der Waals surface area contributed by atoms with Gasteiger partial charge in [-0.25, -0.2) is 4.98 Å². The molecule has 0 amide bonds. The Morgan fingerprint density at radius 3 is 2.50 bits per heavy atom. The van der Waals surface area contributed by atoms with Gasteiger partial charge in [0.05, 0.1) is 11.0 Å². The number of halogens is 1. The Morgan fingerprint density at radius 1 is 0.917 bits per heavy atom. The van der Waals surface area contributed by atoms with Crippen LogP contribution in [0.1, 0.15) is 5.56 Å². The van der Waals surface area contributed by atoms with Crippen molar-refractivity contribution >= 4 is 28.3 Å². The van der Waals surface area contributed by atoms with Gasteiger partial charge in [0, 0.05) is 22.8 Å². The first-order valence-corrected chi connectivity index (χ1v) is 8.14. The van der Waals surface area contributed by atoms with Crippen LogP contribution in [0.25, 0.3) is 22.4 Å². The van der Waals surface area contributed by atoms with Crippen LogP contribution in [0.5, 0.6) is 0 Å². The number of aromatic nitrogens is 2. The summed E-state index contributed by atoms with van der Waals surface area (Å²) in [6.07, 6.45) is 0. The molecule has 1 heterocycles. The Kier molecular flexibility index (Phi) is 3.71. The second-order valence-electron chi connectivity index (χ2n) is 5.76. The number of fused-ring (bicyclic) bond motifs is 1. The van der Waals surface area contributed by atoms with Gasteiger partial charge in [-0.05, 0) is 42.0 Å². The molecule has 0 atom stereocenters. The van der Waals surface area contributed by atoms with Gasteiger partial charge in [0.2, 0.25) is 0 Å². The molecular weight excluding hydrogens is 318 g/mol. The second kappa shape index (κ2) is 6.02. The van der Waals surface area contributed by atoms with E-state index in [-0.39, 0.29) is 0 Å². The molecule has 3 aromatic carbocycles. The van der Waals surface area contributed by atoms with Gasteiger partial charge < -0.3 is 10.3 Å². The van der Waals surface area contributed by atoms with Crippen molar-refractivity contribution in [1.29, 1.82) is 0 Å². The molecule has 3 nitrogen and oxygen atoms in total. The number of nitrogens with two attached hydrogens (primary N) is 1. The van der Waals surface area contributed by atoms with E-state index in [1.54, 1.807) is 0 Å². The third-order valence-electron chi connectivity index (χ3n) is 4.05. The Hall–Kier alpha value is -2.78. The summed E-state index contributed by atoms with van der Waals surface area (Å²) in [7, 11) is 0. The van der Waals surface area contributed by atoms with Crippen molar-refractivity contribution in [1.82, 2.24) is 9.55 Å². The number of imidazole rings is 1. The average molecular weight is 334 g/mol. The number of nitrogen functional groups attached to an aromatic ring is 1. The number of hydrogen-bond donors (Lipinski definition) is 1. The summed E-state index contributed by atoms with van der Waals surface area (Å²) in [5.41, 5.74) is 11.0. The van der Waals surface area contributed by atoms with Gasteiger partial charge in [-0.15, -0.1) is 0 Å². The summed E-state index contributed by atoms with van der Waals surface area (Å²) < 4.78 is 2.22. The van der Waals surface area contributed by atoms with Crippen LogP contribution in [0.2, 0.25) is 5.02 Å². The molecule has 118 valence electrons. The third-order valence-corrected chi connectivity index (χ3v) is 4.31. The van der Waals surface area contributed by atoms with E-state index in [9.17, 15) is 0 Å². The SMILES string of the molecule is Nc1cccc(-c2nc3ccccc3n2Cc2ccc(Cl)cc2)c1. The van der Waals surface area contributed by atoms with E-state index in [0.717, 1.165) is 39.7 Å². The lowest BCUT2D eigenvalue weighted by molar-refractivity contribution is 0.834. The lowest BCUT2D eigenvalue weighted by Gasteiger charge is -2.10. The zero-order valence-electron chi connectivity index (χ0n) is 13.0. The number of benzene rings is 3. The second-order valence-corrected chi connectivity index (χ2v) is 6.20. The van der Waals surface area contributed by atoms with Crippen molar-refractivity contribution in [2.24, 2.45) is 0 Å². The van der Waals surface area contributed by atoms with Crippen molar-refractivity contribution in [3.05, 3.63) is 83.4 Å². The van der Waals surface area contributed by atoms with E-state index in [2.05, 4.69) is 10.6 Å². The maximum atomic E-state index is 6.00. The molecule has 0 spiro atoms. The predicted molar refractivity (Wildman–Crippen MR) is 100 cm³/mol. The van der Waals surface area contributed by atoms with Crippen LogP contribution in [0.3, 0.4) is 0 Å². The van der Waals surface area contributed by atoms with Gasteiger partial charge in [0.1, 0.15) is 5.82 Å². The number of anilines is 1. The molecule has 4 heteroatoms. The molecule has 4 rings (SSSR count). The molecule has 0 saturated carbocycles. The molecule has 0 aliphatic carbocycles. The van der Waals surface area contributed by atoms with Crippen LogP contribution in [-0.2, 0) is 6.54 Å². The van der Waals surface area contributed by atoms with Crippen molar-refractivity contribution in [2.75, 3.05) is 5.73 Å². The van der Waals surface area contributed by atoms with Crippen molar-refractivity contribution in [3.63, 3.8) is 0 Å². The molecule has 24 heavy (non-hydrogen) atoms. The smallest absolute Gasteiger partial charge is 0.141 e. The largest absolute Gasteiger partial charge is 0.399 e. The molecule has 1 aromatic heterocycles. The van der Waals surface area contributed by atoms with Crippen molar-refractivity contribution < 1.29 is 0 Å². The maximum Gasteiger partial charge on any atom is 0.141 e. The lowest BCUT2D eigenvalue weighted by Crippen LogP contribution is -2.02. The summed E-state index contributed by atoms with van der Waals surface area (Å²) in [4.78, 5) is 4.82. The van der Waals surface area contributed by atoms with Gasteiger partial charge >= 0.3 is 0 Å². The highest BCUT2D eigenvalue weighted by Gasteiger charge is 2.13. The fourth-order valence-electron chi connectivity index (χ4n) is 2.91. The summed E-state index contributed by atoms with van der Waals surface area (Å²) in [5, 5.41) is 0.741. The van der Waals surface area contributed by atoms with Crippen LogP contribution < -0.4 is 5.73 Å². The zero-order valence-corrected chi connectivity index (χ0v) is 13.7. The summed E-state index contributed by atoms with van der Waals surface area (Å²) in [5.74, 6) is 0.915. The standard InChI is InChI=1S/C20H16ClN3/c21-16-10-8-14(9-11-16)13-24-19-7-2-1-6-18(19)23-20(24)15-4-3-5-17(22)12-15/h1-12H,13,22H2. The number of para-hydroxylation sites is 2. The minimum Gasteiger partial charge on any atom is -0.399 e. The zero-order chi connectivity index (χ0) is 16.5. The molecule has 0 bridgehead atoms. The monoisotopic (exact) mass is 333 g/mol. The van der Waals surface area contributed by atoms with E-state index < -0.39 is 0 Å². The maximum absolute atomic E-state index is 6.00. The van der Waals surface area contributed by atoms with E-state index >= 15 is 0 Å². The van der Waals surface area contributed by atoms with Gasteiger partial charge in [-0.3, -0.25) is 0 Å². The molecule has 0 aliphatic heterocycles. The topological polar surface area (TPSA) is 43.8 Å². The quantitative estimate of drug-likeness (QED) is 0.537. The first kappa shape index (κ1) is 14.8. The van der Waals surface area contributed by atoms with E-state index in [1.165, 1.54) is 5.56 Å². The first-order valence-electron chi connectivity index (χ1n) is 7.76. The van der Waals surface area contributed by atoms with Crippen molar-refractivity contribution in [2.45, 2.75) is 6.54 Å². The Bertz CT molecular complexity index is 1000. The molecule has 0 unspecified atom stereocenters. The Labute approximate surface area is 145 Å². The average Bonchev–Trinajstić information content (AvgIpc) is 2.96. The van der Waals surface area contributed by atoms with Crippen LogP contribution >= 0.6 is 11.6 Å². The molecule has 2 N–H and O–H groups in total. The Balaban J connectivity index is 1.88. The van der Waals surface area contributed by atoms with Gasteiger partial charge in [0.15, 0.2) is 0 Å². The fraction of sp³-hybridized carbons (Fsp3) is 0.0500. The number of rotatable bonds is 3. The molecule has 0 saturated heterocycles. The van der Waals surface area contributed by atoms with Gasteiger partial charge in [0.25, 0.3) is 0 Å². The first-order chi connectivity index (χ1) is 11.7. The van der Waals surface area contributed by atoms with Crippen LogP contribution in [0.4, 0.5) is 5.69 Å². The molecule has 0 fully saturated rings. The van der Waals surface area contributed by atoms with Crippen LogP contribution in [0, 0.1) is 0 Å². The highest BCUT2D eigenvalue weighted by atomic mass is 35.5. The molecular formula is C20H16ClN3. The van der Waals surface area contributed by atoms with E-state index in [0.29, 0.717) is 0 Å². The summed E-state index contributed by atoms with van der Waals surface area (Å²) in [6, 6.07) is 23.9.